The molecule has 0 aliphatic heterocycles. The Morgan fingerprint density at radius 2 is 1.43 bits per heavy atom. The van der Waals surface area contributed by atoms with E-state index in [1.165, 1.54) is 0 Å². The average Bonchev–Trinajstić information content (AvgIpc) is 2.74. The lowest BCUT2D eigenvalue weighted by molar-refractivity contribution is 0.0979. The summed E-state index contributed by atoms with van der Waals surface area (Å²) in [7, 11) is 2.06. The van der Waals surface area contributed by atoms with Crippen LogP contribution >= 0.6 is 0 Å². The monoisotopic (exact) mass is 378 g/mol. The summed E-state index contributed by atoms with van der Waals surface area (Å²) < 4.78 is 0. The molecule has 4 heteroatoms. The van der Waals surface area contributed by atoms with E-state index in [9.17, 15) is 9.59 Å². The van der Waals surface area contributed by atoms with Gasteiger partial charge in [-0.2, -0.15) is 0 Å². The van der Waals surface area contributed by atoms with Gasteiger partial charge in [-0.15, -0.1) is 0 Å². The van der Waals surface area contributed by atoms with Crippen molar-refractivity contribution in [1.82, 2.24) is 4.90 Å². The molecule has 3 rings (SSSR count). The minimum atomic E-state index is -0.0633. The third kappa shape index (κ3) is 3.88. The molecule has 0 aromatic heterocycles. The van der Waals surface area contributed by atoms with E-state index in [0.29, 0.717) is 28.3 Å². The molecule has 28 heavy (non-hydrogen) atoms. The standard InChI is InChI=1S/C24H30N2O2/c1-5-26(6-2)15-9-10-17(3)25(4)18-13-14-21-22(16-18)24(28)20-12-8-7-11-19(20)23(21)27/h7-8,11-14,16-17H,5-6,9-10,15H2,1-4H3. The highest BCUT2D eigenvalue weighted by molar-refractivity contribution is 6.28. The first-order valence-electron chi connectivity index (χ1n) is 10.3. The molecule has 1 aliphatic carbocycles. The maximum atomic E-state index is 12.9. The minimum Gasteiger partial charge on any atom is -0.372 e. The number of benzene rings is 2. The van der Waals surface area contributed by atoms with E-state index in [-0.39, 0.29) is 11.6 Å². The molecule has 0 bridgehead atoms. The number of nitrogens with zero attached hydrogens (tertiary/aromatic N) is 2. The van der Waals surface area contributed by atoms with Gasteiger partial charge in [0, 0.05) is 41.0 Å². The summed E-state index contributed by atoms with van der Waals surface area (Å²) in [5.41, 5.74) is 3.02. The molecular weight excluding hydrogens is 348 g/mol. The van der Waals surface area contributed by atoms with Gasteiger partial charge in [0.25, 0.3) is 0 Å². The lowest BCUT2D eigenvalue weighted by Crippen LogP contribution is -2.31. The van der Waals surface area contributed by atoms with Gasteiger partial charge in [-0.1, -0.05) is 38.1 Å². The SMILES string of the molecule is CCN(CC)CCCC(C)N(C)c1ccc2c(c1)C(=O)c1ccccc1C2=O. The highest BCUT2D eigenvalue weighted by Gasteiger charge is 2.29. The predicted octanol–water partition coefficient (Wildman–Crippen LogP) is 4.41. The van der Waals surface area contributed by atoms with Gasteiger partial charge in [-0.05, 0) is 57.6 Å². The molecule has 0 heterocycles. The van der Waals surface area contributed by atoms with Gasteiger partial charge in [0.15, 0.2) is 11.6 Å². The molecule has 4 nitrogen and oxygen atoms in total. The number of hydrogen-bond donors (Lipinski definition) is 0. The van der Waals surface area contributed by atoms with Crippen LogP contribution in [0.1, 0.15) is 65.5 Å². The van der Waals surface area contributed by atoms with E-state index in [2.05, 4.69) is 37.6 Å². The van der Waals surface area contributed by atoms with Gasteiger partial charge < -0.3 is 9.80 Å². The summed E-state index contributed by atoms with van der Waals surface area (Å²) in [6, 6.07) is 13.1. The van der Waals surface area contributed by atoms with Gasteiger partial charge >= 0.3 is 0 Å². The molecule has 0 radical (unpaired) electrons. The maximum Gasteiger partial charge on any atom is 0.194 e. The summed E-state index contributed by atoms with van der Waals surface area (Å²) in [4.78, 5) is 30.3. The number of anilines is 1. The van der Waals surface area contributed by atoms with Crippen molar-refractivity contribution >= 4 is 17.3 Å². The fourth-order valence-corrected chi connectivity index (χ4v) is 3.91. The Morgan fingerprint density at radius 1 is 0.857 bits per heavy atom. The largest absolute Gasteiger partial charge is 0.372 e. The van der Waals surface area contributed by atoms with Crippen molar-refractivity contribution in [3.05, 3.63) is 64.7 Å². The van der Waals surface area contributed by atoms with Crippen LogP contribution in [-0.2, 0) is 0 Å². The summed E-state index contributed by atoms with van der Waals surface area (Å²) in [6.45, 7) is 9.89. The summed E-state index contributed by atoms with van der Waals surface area (Å²) >= 11 is 0. The summed E-state index contributed by atoms with van der Waals surface area (Å²) in [5, 5.41) is 0. The molecule has 0 fully saturated rings. The lowest BCUT2D eigenvalue weighted by Gasteiger charge is -2.29. The highest BCUT2D eigenvalue weighted by atomic mass is 16.1. The van der Waals surface area contributed by atoms with Crippen LogP contribution in [0.15, 0.2) is 42.5 Å². The van der Waals surface area contributed by atoms with E-state index in [1.807, 2.05) is 18.2 Å². The van der Waals surface area contributed by atoms with Crippen molar-refractivity contribution in [2.45, 2.75) is 39.7 Å². The zero-order chi connectivity index (χ0) is 20.3. The number of carbonyl (C=O) groups is 2. The Kier molecular flexibility index (Phi) is 6.30. The van der Waals surface area contributed by atoms with Gasteiger partial charge in [-0.25, -0.2) is 0 Å². The van der Waals surface area contributed by atoms with E-state index in [4.69, 9.17) is 0 Å². The van der Waals surface area contributed by atoms with Crippen LogP contribution in [0.5, 0.6) is 0 Å². The Bertz CT molecular complexity index is 871. The van der Waals surface area contributed by atoms with Crippen molar-refractivity contribution in [2.24, 2.45) is 0 Å². The fraction of sp³-hybridized carbons (Fsp3) is 0.417. The zero-order valence-corrected chi connectivity index (χ0v) is 17.4. The van der Waals surface area contributed by atoms with Crippen LogP contribution in [-0.4, -0.2) is 49.2 Å². The van der Waals surface area contributed by atoms with Gasteiger partial charge in [0.1, 0.15) is 0 Å². The molecule has 148 valence electrons. The Hall–Kier alpha value is -2.46. The lowest BCUT2D eigenvalue weighted by atomic mass is 9.84. The smallest absolute Gasteiger partial charge is 0.194 e. The molecule has 1 aliphatic rings. The zero-order valence-electron chi connectivity index (χ0n) is 17.4. The maximum absolute atomic E-state index is 12.9. The normalized spacial score (nSPS) is 14.0. The Labute approximate surface area is 168 Å². The molecule has 0 amide bonds. The minimum absolute atomic E-state index is 0.0605. The van der Waals surface area contributed by atoms with E-state index >= 15 is 0 Å². The van der Waals surface area contributed by atoms with Crippen LogP contribution in [0.2, 0.25) is 0 Å². The Morgan fingerprint density at radius 3 is 2.04 bits per heavy atom. The van der Waals surface area contributed by atoms with Crippen LogP contribution in [0.25, 0.3) is 0 Å². The van der Waals surface area contributed by atoms with E-state index < -0.39 is 0 Å². The van der Waals surface area contributed by atoms with Crippen molar-refractivity contribution < 1.29 is 9.59 Å². The molecule has 0 saturated heterocycles. The summed E-state index contributed by atoms with van der Waals surface area (Å²) in [5.74, 6) is -0.124. The fourth-order valence-electron chi connectivity index (χ4n) is 3.91. The summed E-state index contributed by atoms with van der Waals surface area (Å²) in [6.07, 6.45) is 2.22. The van der Waals surface area contributed by atoms with Gasteiger partial charge in [0.2, 0.25) is 0 Å². The van der Waals surface area contributed by atoms with Crippen molar-refractivity contribution in [3.8, 4) is 0 Å². The number of carbonyl (C=O) groups excluding carboxylic acids is 2. The molecule has 2 aromatic carbocycles. The quantitative estimate of drug-likeness (QED) is 0.582. The number of rotatable bonds is 8. The number of ketones is 2. The predicted molar refractivity (Wildman–Crippen MR) is 115 cm³/mol. The number of hydrogen-bond acceptors (Lipinski definition) is 4. The van der Waals surface area contributed by atoms with Crippen molar-refractivity contribution in [3.63, 3.8) is 0 Å². The second-order valence-corrected chi connectivity index (χ2v) is 7.56. The topological polar surface area (TPSA) is 40.6 Å². The van der Waals surface area contributed by atoms with Crippen LogP contribution in [0.3, 0.4) is 0 Å². The number of fused-ring (bicyclic) bond motifs is 2. The highest BCUT2D eigenvalue weighted by Crippen LogP contribution is 2.30. The molecule has 1 unspecified atom stereocenters. The van der Waals surface area contributed by atoms with Crippen LogP contribution in [0, 0.1) is 0 Å². The van der Waals surface area contributed by atoms with Crippen LogP contribution in [0.4, 0.5) is 5.69 Å². The van der Waals surface area contributed by atoms with Crippen molar-refractivity contribution in [2.75, 3.05) is 31.6 Å². The first-order chi connectivity index (χ1) is 13.5. The van der Waals surface area contributed by atoms with Gasteiger partial charge in [-0.3, -0.25) is 9.59 Å². The first kappa shape index (κ1) is 20.3. The second kappa shape index (κ2) is 8.70. The second-order valence-electron chi connectivity index (χ2n) is 7.56. The average molecular weight is 379 g/mol. The van der Waals surface area contributed by atoms with Gasteiger partial charge in [0.05, 0.1) is 0 Å². The van der Waals surface area contributed by atoms with E-state index in [1.54, 1.807) is 24.3 Å². The van der Waals surface area contributed by atoms with E-state index in [0.717, 1.165) is 38.2 Å². The molecule has 0 spiro atoms. The molecule has 0 N–H and O–H groups in total. The van der Waals surface area contributed by atoms with Crippen molar-refractivity contribution in [1.29, 1.82) is 0 Å². The van der Waals surface area contributed by atoms with Crippen LogP contribution < -0.4 is 4.90 Å². The molecular formula is C24H30N2O2. The third-order valence-corrected chi connectivity index (χ3v) is 5.97. The molecule has 2 aromatic rings. The molecule has 1 atom stereocenters. The first-order valence-corrected chi connectivity index (χ1v) is 10.3. The third-order valence-electron chi connectivity index (χ3n) is 5.97. The molecule has 0 saturated carbocycles. The Balaban J connectivity index is 1.76.